The van der Waals surface area contributed by atoms with Gasteiger partial charge in [-0.1, -0.05) is 41.4 Å². The summed E-state index contributed by atoms with van der Waals surface area (Å²) in [5.41, 5.74) is 2.93. The number of nitrogens with one attached hydrogen (secondary N) is 4. The number of benzene rings is 2. The molecule has 0 aliphatic carbocycles. The third-order valence-corrected chi connectivity index (χ3v) is 5.75. The SMILES string of the molecule is Cc1ccc([C@@H](CNC(=O)C(=O)Nc2ccc(Cl)cc2)[NH+]2CC[NH+](C)CC2)cc1. The smallest absolute Gasteiger partial charge is 0.313 e. The number of hydrogen-bond donors (Lipinski definition) is 4. The fourth-order valence-electron chi connectivity index (χ4n) is 3.64. The van der Waals surface area contributed by atoms with E-state index in [0.717, 1.165) is 26.2 Å². The lowest BCUT2D eigenvalue weighted by Gasteiger charge is -2.33. The Morgan fingerprint density at radius 3 is 2.21 bits per heavy atom. The second kappa shape index (κ2) is 9.87. The van der Waals surface area contributed by atoms with Crippen molar-refractivity contribution in [2.45, 2.75) is 13.0 Å². The predicted molar refractivity (Wildman–Crippen MR) is 114 cm³/mol. The highest BCUT2D eigenvalue weighted by Gasteiger charge is 2.30. The average Bonchev–Trinajstić information content (AvgIpc) is 2.72. The Morgan fingerprint density at radius 2 is 1.59 bits per heavy atom. The van der Waals surface area contributed by atoms with Crippen LogP contribution in [0.15, 0.2) is 48.5 Å². The predicted octanol–water partition coefficient (Wildman–Crippen LogP) is -0.142. The molecule has 0 radical (unpaired) electrons. The molecular weight excluding hydrogens is 388 g/mol. The standard InChI is InChI=1S/C22H27ClN4O2/c1-16-3-5-17(6-4-16)20(27-13-11-26(2)12-14-27)15-24-21(28)22(29)25-19-9-7-18(23)8-10-19/h3-10,20H,11-15H2,1-2H3,(H,24,28)(H,25,29)/p+2/t20-/m1/s1. The second-order valence-electron chi connectivity index (χ2n) is 7.75. The highest BCUT2D eigenvalue weighted by molar-refractivity contribution is 6.39. The maximum atomic E-state index is 12.4. The number of hydrogen-bond acceptors (Lipinski definition) is 2. The van der Waals surface area contributed by atoms with Gasteiger partial charge in [0.1, 0.15) is 32.2 Å². The van der Waals surface area contributed by atoms with Crippen molar-refractivity contribution in [2.75, 3.05) is 45.1 Å². The lowest BCUT2D eigenvalue weighted by molar-refractivity contribution is -1.02. The van der Waals surface area contributed by atoms with E-state index >= 15 is 0 Å². The fourth-order valence-corrected chi connectivity index (χ4v) is 3.77. The molecule has 1 heterocycles. The van der Waals surface area contributed by atoms with Gasteiger partial charge < -0.3 is 20.4 Å². The summed E-state index contributed by atoms with van der Waals surface area (Å²) in [6.07, 6.45) is 0. The Hall–Kier alpha value is -2.41. The molecule has 1 saturated heterocycles. The summed E-state index contributed by atoms with van der Waals surface area (Å²) in [6, 6.07) is 15.2. The Bertz CT molecular complexity index is 831. The number of carbonyl (C=O) groups is 2. The maximum Gasteiger partial charge on any atom is 0.313 e. The van der Waals surface area contributed by atoms with Crippen LogP contribution in [0.25, 0.3) is 0 Å². The lowest BCUT2D eigenvalue weighted by atomic mass is 10.0. The first-order valence-electron chi connectivity index (χ1n) is 9.99. The molecule has 4 N–H and O–H groups in total. The number of aryl methyl sites for hydroxylation is 1. The first-order chi connectivity index (χ1) is 13.9. The monoisotopic (exact) mass is 416 g/mol. The summed E-state index contributed by atoms with van der Waals surface area (Å²) in [5, 5.41) is 6.01. The Kier molecular flexibility index (Phi) is 7.25. The minimum absolute atomic E-state index is 0.121. The van der Waals surface area contributed by atoms with Crippen LogP contribution in [0.1, 0.15) is 17.2 Å². The van der Waals surface area contributed by atoms with E-state index in [0.29, 0.717) is 17.3 Å². The second-order valence-corrected chi connectivity index (χ2v) is 8.19. The topological polar surface area (TPSA) is 67.1 Å². The highest BCUT2D eigenvalue weighted by atomic mass is 35.5. The molecule has 0 saturated carbocycles. The van der Waals surface area contributed by atoms with Crippen LogP contribution >= 0.6 is 11.6 Å². The first kappa shape index (κ1) is 21.3. The van der Waals surface area contributed by atoms with Gasteiger partial charge >= 0.3 is 11.8 Å². The van der Waals surface area contributed by atoms with Gasteiger partial charge in [-0.15, -0.1) is 0 Å². The van der Waals surface area contributed by atoms with E-state index in [1.807, 2.05) is 0 Å². The molecule has 6 nitrogen and oxygen atoms in total. The molecule has 0 unspecified atom stereocenters. The molecule has 7 heteroatoms. The van der Waals surface area contributed by atoms with Crippen molar-refractivity contribution >= 4 is 29.1 Å². The Balaban J connectivity index is 1.63. The van der Waals surface area contributed by atoms with Gasteiger partial charge in [0.05, 0.1) is 13.6 Å². The molecule has 1 atom stereocenters. The van der Waals surface area contributed by atoms with Gasteiger partial charge in [0.2, 0.25) is 0 Å². The van der Waals surface area contributed by atoms with E-state index in [-0.39, 0.29) is 6.04 Å². The summed E-state index contributed by atoms with van der Waals surface area (Å²) in [4.78, 5) is 27.6. The number of amides is 2. The van der Waals surface area contributed by atoms with Crippen molar-refractivity contribution in [3.8, 4) is 0 Å². The van der Waals surface area contributed by atoms with Gasteiger partial charge in [0.15, 0.2) is 0 Å². The number of rotatable bonds is 5. The molecule has 2 amide bonds. The summed E-state index contributed by atoms with van der Waals surface area (Å²) in [5.74, 6) is -1.30. The minimum atomic E-state index is -0.673. The van der Waals surface area contributed by atoms with Crippen LogP contribution in [0.4, 0.5) is 5.69 Å². The molecule has 29 heavy (non-hydrogen) atoms. The Labute approximate surface area is 176 Å². The average molecular weight is 417 g/mol. The number of carbonyl (C=O) groups excluding carboxylic acids is 2. The van der Waals surface area contributed by atoms with Gasteiger partial charge in [-0.3, -0.25) is 9.59 Å². The highest BCUT2D eigenvalue weighted by Crippen LogP contribution is 2.13. The van der Waals surface area contributed by atoms with Crippen molar-refractivity contribution in [2.24, 2.45) is 0 Å². The van der Waals surface area contributed by atoms with Gasteiger partial charge in [-0.25, -0.2) is 0 Å². The molecular formula is C22H29ClN4O2+2. The van der Waals surface area contributed by atoms with E-state index in [1.165, 1.54) is 20.9 Å². The molecule has 0 spiro atoms. The van der Waals surface area contributed by atoms with Crippen molar-refractivity contribution in [1.29, 1.82) is 0 Å². The van der Waals surface area contributed by atoms with Gasteiger partial charge in [0, 0.05) is 16.3 Å². The van der Waals surface area contributed by atoms with Crippen LogP contribution in [0.5, 0.6) is 0 Å². The van der Waals surface area contributed by atoms with E-state index in [2.05, 4.69) is 48.9 Å². The number of likely N-dealkylation sites (N-methyl/N-ethyl adjacent to an activating group) is 1. The van der Waals surface area contributed by atoms with Crippen LogP contribution < -0.4 is 20.4 Å². The molecule has 0 aromatic heterocycles. The third kappa shape index (κ3) is 6.03. The van der Waals surface area contributed by atoms with Crippen LogP contribution in [0, 0.1) is 6.92 Å². The molecule has 1 fully saturated rings. The molecule has 2 aromatic rings. The number of anilines is 1. The zero-order valence-corrected chi connectivity index (χ0v) is 17.7. The van der Waals surface area contributed by atoms with Gasteiger partial charge in [-0.2, -0.15) is 0 Å². The van der Waals surface area contributed by atoms with Crippen LogP contribution in [-0.2, 0) is 9.59 Å². The number of piperazine rings is 1. The Morgan fingerprint density at radius 1 is 0.966 bits per heavy atom. The van der Waals surface area contributed by atoms with Crippen molar-refractivity contribution in [3.05, 3.63) is 64.7 Å². The summed E-state index contributed by atoms with van der Waals surface area (Å²) in [6.45, 7) is 6.76. The molecule has 1 aliphatic rings. The van der Waals surface area contributed by atoms with Crippen molar-refractivity contribution < 1.29 is 19.4 Å². The fraction of sp³-hybridized carbons (Fsp3) is 0.364. The summed E-state index contributed by atoms with van der Waals surface area (Å²) in [7, 11) is 2.21. The van der Waals surface area contributed by atoms with Gasteiger partial charge in [0.25, 0.3) is 0 Å². The number of halogens is 1. The van der Waals surface area contributed by atoms with Crippen LogP contribution in [0.3, 0.4) is 0 Å². The van der Waals surface area contributed by atoms with Crippen molar-refractivity contribution in [1.82, 2.24) is 5.32 Å². The lowest BCUT2D eigenvalue weighted by Crippen LogP contribution is -3.27. The van der Waals surface area contributed by atoms with Crippen LogP contribution in [0.2, 0.25) is 5.02 Å². The van der Waals surface area contributed by atoms with E-state index < -0.39 is 11.8 Å². The first-order valence-corrected chi connectivity index (χ1v) is 10.4. The largest absolute Gasteiger partial charge is 0.341 e. The molecule has 3 rings (SSSR count). The van der Waals surface area contributed by atoms with E-state index in [1.54, 1.807) is 24.3 Å². The minimum Gasteiger partial charge on any atom is -0.341 e. The normalized spacial score (nSPS) is 20.0. The molecule has 154 valence electrons. The quantitative estimate of drug-likeness (QED) is 0.512. The van der Waals surface area contributed by atoms with Crippen molar-refractivity contribution in [3.63, 3.8) is 0 Å². The van der Waals surface area contributed by atoms with Gasteiger partial charge in [-0.05, 0) is 31.2 Å². The van der Waals surface area contributed by atoms with E-state index in [9.17, 15) is 9.59 Å². The molecule has 0 bridgehead atoms. The molecule has 2 aromatic carbocycles. The zero-order valence-electron chi connectivity index (χ0n) is 16.9. The molecule has 1 aliphatic heterocycles. The number of quaternary nitrogens is 2. The van der Waals surface area contributed by atoms with E-state index in [4.69, 9.17) is 11.6 Å². The van der Waals surface area contributed by atoms with Crippen LogP contribution in [-0.4, -0.2) is 51.6 Å². The maximum absolute atomic E-state index is 12.4. The third-order valence-electron chi connectivity index (χ3n) is 5.49. The summed E-state index contributed by atoms with van der Waals surface area (Å²) >= 11 is 5.85. The zero-order chi connectivity index (χ0) is 20.8. The summed E-state index contributed by atoms with van der Waals surface area (Å²) < 4.78 is 0.